The molecule has 0 aromatic heterocycles. The normalized spacial score (nSPS) is 13.4. The first-order valence-corrected chi connectivity index (χ1v) is 5.12. The molecule has 0 aromatic rings. The Kier molecular flexibility index (Phi) is 6.09. The van der Waals surface area contributed by atoms with E-state index in [1.54, 1.807) is 6.92 Å². The van der Waals surface area contributed by atoms with Crippen LogP contribution in [0.25, 0.3) is 0 Å². The van der Waals surface area contributed by atoms with Gasteiger partial charge in [0, 0.05) is 0 Å². The topological polar surface area (TPSA) is 86.7 Å². The maximum absolute atomic E-state index is 11.5. The first-order chi connectivity index (χ1) is 7.86. The van der Waals surface area contributed by atoms with Gasteiger partial charge in [-0.3, -0.25) is 19.2 Å². The quantitative estimate of drug-likeness (QED) is 0.487. The number of methoxy groups -OCH3 is 1. The van der Waals surface area contributed by atoms with Crippen LogP contribution in [0.4, 0.5) is 0 Å². The van der Waals surface area contributed by atoms with E-state index in [1.165, 1.54) is 0 Å². The van der Waals surface area contributed by atoms with Gasteiger partial charge in [-0.05, 0) is 20.8 Å². The van der Waals surface area contributed by atoms with Crippen molar-refractivity contribution in [1.82, 2.24) is 0 Å². The molecule has 2 atom stereocenters. The second-order valence-electron chi connectivity index (χ2n) is 3.45. The fourth-order valence-electron chi connectivity index (χ4n) is 1.43. The highest BCUT2D eigenvalue weighted by molar-refractivity contribution is 6.10. The van der Waals surface area contributed by atoms with Gasteiger partial charge < -0.3 is 9.47 Å². The lowest BCUT2D eigenvalue weighted by atomic mass is 9.86. The number of carbonyl (C=O) groups is 4. The zero-order valence-corrected chi connectivity index (χ0v) is 10.3. The van der Waals surface area contributed by atoms with E-state index in [0.29, 0.717) is 0 Å². The smallest absolute Gasteiger partial charge is 0.317 e. The number of rotatable bonds is 6. The molecule has 17 heavy (non-hydrogen) atoms. The Morgan fingerprint density at radius 2 is 1.35 bits per heavy atom. The van der Waals surface area contributed by atoms with Crippen LogP contribution in [0.15, 0.2) is 0 Å². The van der Waals surface area contributed by atoms with Crippen LogP contribution in [-0.4, -0.2) is 37.2 Å². The second-order valence-corrected chi connectivity index (χ2v) is 3.45. The zero-order valence-electron chi connectivity index (χ0n) is 10.3. The van der Waals surface area contributed by atoms with Crippen LogP contribution < -0.4 is 0 Å². The minimum atomic E-state index is -1.43. The molecule has 6 nitrogen and oxygen atoms in total. The van der Waals surface area contributed by atoms with Crippen LogP contribution in [-0.2, 0) is 28.7 Å². The van der Waals surface area contributed by atoms with Crippen molar-refractivity contribution in [2.75, 3.05) is 13.7 Å². The molecule has 0 bridgehead atoms. The summed E-state index contributed by atoms with van der Waals surface area (Å²) in [7, 11) is 1.08. The number of Topliss-reactive ketones (excluding diaryl/α,β-unsaturated/α-hetero) is 2. The summed E-state index contributed by atoms with van der Waals surface area (Å²) < 4.78 is 9.08. The van der Waals surface area contributed by atoms with Crippen molar-refractivity contribution < 1.29 is 28.7 Å². The molecular weight excluding hydrogens is 228 g/mol. The second kappa shape index (κ2) is 6.78. The van der Waals surface area contributed by atoms with E-state index >= 15 is 0 Å². The molecule has 0 radical (unpaired) electrons. The van der Waals surface area contributed by atoms with Crippen molar-refractivity contribution in [2.24, 2.45) is 11.8 Å². The molecule has 0 aromatic carbocycles. The molecular formula is C11H16O6. The van der Waals surface area contributed by atoms with Gasteiger partial charge >= 0.3 is 11.9 Å². The van der Waals surface area contributed by atoms with Crippen molar-refractivity contribution in [3.05, 3.63) is 0 Å². The molecule has 0 heterocycles. The zero-order chi connectivity index (χ0) is 13.6. The van der Waals surface area contributed by atoms with Crippen LogP contribution in [0.5, 0.6) is 0 Å². The van der Waals surface area contributed by atoms with Gasteiger partial charge in [-0.15, -0.1) is 0 Å². The van der Waals surface area contributed by atoms with E-state index < -0.39 is 35.3 Å². The fourth-order valence-corrected chi connectivity index (χ4v) is 1.43. The van der Waals surface area contributed by atoms with Crippen molar-refractivity contribution >= 4 is 23.5 Å². The third-order valence-corrected chi connectivity index (χ3v) is 2.20. The van der Waals surface area contributed by atoms with E-state index in [0.717, 1.165) is 21.0 Å². The molecule has 0 N–H and O–H groups in total. The molecule has 0 amide bonds. The summed E-state index contributed by atoms with van der Waals surface area (Å²) in [6.07, 6.45) is 0. The van der Waals surface area contributed by atoms with Crippen LogP contribution in [0.3, 0.4) is 0 Å². The van der Waals surface area contributed by atoms with E-state index in [9.17, 15) is 19.2 Å². The summed E-state index contributed by atoms with van der Waals surface area (Å²) in [5, 5.41) is 0. The fraction of sp³-hybridized carbons (Fsp3) is 0.636. The number of hydrogen-bond donors (Lipinski definition) is 0. The molecule has 0 fully saturated rings. The molecule has 96 valence electrons. The molecule has 0 saturated carbocycles. The molecule has 6 heteroatoms. The van der Waals surface area contributed by atoms with Gasteiger partial charge in [0.2, 0.25) is 0 Å². The van der Waals surface area contributed by atoms with E-state index in [4.69, 9.17) is 0 Å². The molecule has 0 aliphatic carbocycles. The third kappa shape index (κ3) is 3.97. The van der Waals surface area contributed by atoms with Gasteiger partial charge in [0.05, 0.1) is 13.7 Å². The SMILES string of the molecule is CCOC(=O)C(C(C)=O)C(C(C)=O)C(=O)OC. The van der Waals surface area contributed by atoms with E-state index in [2.05, 4.69) is 9.47 Å². The maximum Gasteiger partial charge on any atom is 0.317 e. The molecule has 0 aliphatic heterocycles. The Balaban J connectivity index is 5.24. The summed E-state index contributed by atoms with van der Waals surface area (Å²) in [6.45, 7) is 3.88. The maximum atomic E-state index is 11.5. The Labute approximate surface area is 99.3 Å². The average Bonchev–Trinajstić information content (AvgIpc) is 2.23. The largest absolute Gasteiger partial charge is 0.468 e. The van der Waals surface area contributed by atoms with Gasteiger partial charge in [-0.2, -0.15) is 0 Å². The van der Waals surface area contributed by atoms with Crippen LogP contribution in [0.1, 0.15) is 20.8 Å². The predicted molar refractivity (Wildman–Crippen MR) is 57.0 cm³/mol. The summed E-state index contributed by atoms with van der Waals surface area (Å²) in [6, 6.07) is 0. The number of esters is 2. The van der Waals surface area contributed by atoms with Gasteiger partial charge in [0.15, 0.2) is 0 Å². The van der Waals surface area contributed by atoms with Gasteiger partial charge in [0.1, 0.15) is 23.4 Å². The molecule has 0 rings (SSSR count). The van der Waals surface area contributed by atoms with Crippen molar-refractivity contribution in [3.63, 3.8) is 0 Å². The van der Waals surface area contributed by atoms with Crippen molar-refractivity contribution in [2.45, 2.75) is 20.8 Å². The predicted octanol–water partition coefficient (Wildman–Crippen LogP) is 0.133. The lowest BCUT2D eigenvalue weighted by Gasteiger charge is -2.19. The lowest BCUT2D eigenvalue weighted by molar-refractivity contribution is -0.164. The molecule has 0 saturated heterocycles. The number of hydrogen-bond acceptors (Lipinski definition) is 6. The van der Waals surface area contributed by atoms with E-state index in [-0.39, 0.29) is 6.61 Å². The lowest BCUT2D eigenvalue weighted by Crippen LogP contribution is -2.40. The summed E-state index contributed by atoms with van der Waals surface area (Å²) in [4.78, 5) is 45.7. The highest BCUT2D eigenvalue weighted by Gasteiger charge is 2.42. The summed E-state index contributed by atoms with van der Waals surface area (Å²) in [5.41, 5.74) is 0. The van der Waals surface area contributed by atoms with Crippen LogP contribution >= 0.6 is 0 Å². The van der Waals surface area contributed by atoms with Crippen LogP contribution in [0.2, 0.25) is 0 Å². The Bertz CT molecular complexity index is 333. The molecule has 0 aliphatic rings. The minimum absolute atomic E-state index is 0.0639. The van der Waals surface area contributed by atoms with Gasteiger partial charge in [-0.25, -0.2) is 0 Å². The number of carbonyl (C=O) groups excluding carboxylic acids is 4. The first-order valence-electron chi connectivity index (χ1n) is 5.12. The monoisotopic (exact) mass is 244 g/mol. The Morgan fingerprint density at radius 3 is 1.65 bits per heavy atom. The van der Waals surface area contributed by atoms with Gasteiger partial charge in [-0.1, -0.05) is 0 Å². The van der Waals surface area contributed by atoms with E-state index in [1.807, 2.05) is 0 Å². The highest BCUT2D eigenvalue weighted by Crippen LogP contribution is 2.18. The summed E-state index contributed by atoms with van der Waals surface area (Å²) >= 11 is 0. The van der Waals surface area contributed by atoms with Crippen molar-refractivity contribution in [3.8, 4) is 0 Å². The third-order valence-electron chi connectivity index (χ3n) is 2.20. The van der Waals surface area contributed by atoms with Crippen LogP contribution in [0, 0.1) is 11.8 Å². The average molecular weight is 244 g/mol. The Hall–Kier alpha value is -1.72. The Morgan fingerprint density at radius 1 is 0.941 bits per heavy atom. The first kappa shape index (κ1) is 15.3. The standard InChI is InChI=1S/C11H16O6/c1-5-17-11(15)9(7(3)13)8(6(2)12)10(14)16-4/h8-9H,5H2,1-4H3. The molecule has 2 unspecified atom stereocenters. The number of ketones is 2. The number of ether oxygens (including phenoxy) is 2. The minimum Gasteiger partial charge on any atom is -0.468 e. The highest BCUT2D eigenvalue weighted by atomic mass is 16.5. The molecule has 0 spiro atoms. The summed E-state index contributed by atoms with van der Waals surface area (Å²) in [5.74, 6) is -5.87. The van der Waals surface area contributed by atoms with Crippen molar-refractivity contribution in [1.29, 1.82) is 0 Å². The van der Waals surface area contributed by atoms with Gasteiger partial charge in [0.25, 0.3) is 0 Å².